The predicted molar refractivity (Wildman–Crippen MR) is 131 cm³/mol. The second-order valence-corrected chi connectivity index (χ2v) is 11.4. The van der Waals surface area contributed by atoms with Gasteiger partial charge in [-0.25, -0.2) is 4.79 Å². The van der Waals surface area contributed by atoms with Crippen molar-refractivity contribution in [2.45, 2.75) is 61.9 Å². The molecule has 2 heterocycles. The maximum Gasteiger partial charge on any atom is 0.327 e. The number of fused-ring (bicyclic) bond motifs is 1. The molecule has 0 spiro atoms. The molecule has 2 aromatic carbocycles. The van der Waals surface area contributed by atoms with Gasteiger partial charge in [0.25, 0.3) is 0 Å². The highest BCUT2D eigenvalue weighted by atomic mass is 35.5. The average molecular weight is 503 g/mol. The number of nitrogens with zero attached hydrogens (tertiary/aromatic N) is 1. The Kier molecular flexibility index (Phi) is 6.82. The van der Waals surface area contributed by atoms with Crippen LogP contribution in [0.5, 0.6) is 5.75 Å². The summed E-state index contributed by atoms with van der Waals surface area (Å²) in [4.78, 5) is 38.3. The van der Waals surface area contributed by atoms with E-state index in [0.29, 0.717) is 17.2 Å². The number of carbonyl (C=O) groups excluding carboxylic acids is 2. The number of β-lactam (4-membered cyclic amide) rings is 1. The fourth-order valence-electron chi connectivity index (χ4n) is 4.51. The third-order valence-electron chi connectivity index (χ3n) is 6.05. The first-order chi connectivity index (χ1) is 16.1. The minimum atomic E-state index is -1.03. The van der Waals surface area contributed by atoms with Crippen LogP contribution >= 0.6 is 23.4 Å². The van der Waals surface area contributed by atoms with Crippen LogP contribution in [0.1, 0.15) is 38.3 Å². The second kappa shape index (κ2) is 9.50. The summed E-state index contributed by atoms with van der Waals surface area (Å²) in [6.45, 7) is 5.40. The van der Waals surface area contributed by atoms with Gasteiger partial charge in [0.1, 0.15) is 29.3 Å². The standard InChI is InChI=1S/C25H27ClN2O5S/c1-14(33-18-10-9-17(26)13-16(18)12-15-7-5-4-6-8-15)11-19(29)27-20-22(30)28-21(24(31)32)25(2,3)34-23(20)28/h4-10,13-14,20-21,23H,11-12H2,1-3H3,(H,27,29)(H,31,32)/t14?,20-,21+,23-/m1/s1. The summed E-state index contributed by atoms with van der Waals surface area (Å²) in [5, 5.41) is 12.5. The molecule has 4 atom stereocenters. The number of rotatable bonds is 8. The number of thioether (sulfide) groups is 1. The van der Waals surface area contributed by atoms with Crippen LogP contribution in [-0.4, -0.2) is 56.1 Å². The molecule has 2 saturated heterocycles. The van der Waals surface area contributed by atoms with E-state index in [1.165, 1.54) is 16.7 Å². The van der Waals surface area contributed by atoms with Gasteiger partial charge in [-0.1, -0.05) is 41.9 Å². The first-order valence-electron chi connectivity index (χ1n) is 11.1. The average Bonchev–Trinajstić information content (AvgIpc) is 3.02. The fourth-order valence-corrected chi connectivity index (χ4v) is 6.33. The summed E-state index contributed by atoms with van der Waals surface area (Å²) < 4.78 is 5.44. The molecular formula is C25H27ClN2O5S. The van der Waals surface area contributed by atoms with Crippen LogP contribution in [-0.2, 0) is 20.8 Å². The van der Waals surface area contributed by atoms with Crippen LogP contribution in [0.2, 0.25) is 5.02 Å². The van der Waals surface area contributed by atoms with Crippen molar-refractivity contribution in [2.24, 2.45) is 0 Å². The first kappa shape index (κ1) is 24.4. The van der Waals surface area contributed by atoms with E-state index in [9.17, 15) is 19.5 Å². The van der Waals surface area contributed by atoms with Crippen LogP contribution in [0.15, 0.2) is 48.5 Å². The molecule has 2 N–H and O–H groups in total. The largest absolute Gasteiger partial charge is 0.490 e. The summed E-state index contributed by atoms with van der Waals surface area (Å²) in [6, 6.07) is 13.7. The van der Waals surface area contributed by atoms with E-state index >= 15 is 0 Å². The van der Waals surface area contributed by atoms with Crippen LogP contribution < -0.4 is 10.1 Å². The van der Waals surface area contributed by atoms with Crippen LogP contribution in [0.3, 0.4) is 0 Å². The van der Waals surface area contributed by atoms with E-state index in [-0.39, 0.29) is 23.6 Å². The van der Waals surface area contributed by atoms with E-state index in [2.05, 4.69) is 5.32 Å². The molecule has 0 radical (unpaired) electrons. The fraction of sp³-hybridized carbons (Fsp3) is 0.400. The van der Waals surface area contributed by atoms with E-state index in [0.717, 1.165) is 11.1 Å². The third-order valence-corrected chi connectivity index (χ3v) is 7.86. The van der Waals surface area contributed by atoms with E-state index < -0.39 is 28.9 Å². The van der Waals surface area contributed by atoms with E-state index in [4.69, 9.17) is 16.3 Å². The number of hydrogen-bond acceptors (Lipinski definition) is 5. The van der Waals surface area contributed by atoms with Gasteiger partial charge in [-0.3, -0.25) is 9.59 Å². The monoisotopic (exact) mass is 502 g/mol. The lowest BCUT2D eigenvalue weighted by Crippen LogP contribution is -2.70. The highest BCUT2D eigenvalue weighted by Crippen LogP contribution is 2.50. The summed E-state index contributed by atoms with van der Waals surface area (Å²) in [7, 11) is 0. The third kappa shape index (κ3) is 4.88. The number of hydrogen-bond donors (Lipinski definition) is 2. The van der Waals surface area contributed by atoms with Gasteiger partial charge in [-0.05, 0) is 50.1 Å². The van der Waals surface area contributed by atoms with Crippen LogP contribution in [0.25, 0.3) is 0 Å². The summed E-state index contributed by atoms with van der Waals surface area (Å²) >= 11 is 7.60. The number of benzene rings is 2. The molecule has 2 aliphatic rings. The zero-order valence-corrected chi connectivity index (χ0v) is 20.7. The topological polar surface area (TPSA) is 95.9 Å². The van der Waals surface area contributed by atoms with Gasteiger partial charge >= 0.3 is 5.97 Å². The maximum atomic E-state index is 12.7. The number of halogens is 1. The van der Waals surface area contributed by atoms with Gasteiger partial charge in [-0.2, -0.15) is 0 Å². The lowest BCUT2D eigenvalue weighted by atomic mass is 9.96. The van der Waals surface area contributed by atoms with Gasteiger partial charge in [0, 0.05) is 16.2 Å². The second-order valence-electron chi connectivity index (χ2n) is 9.19. The Balaban J connectivity index is 1.37. The van der Waals surface area contributed by atoms with Crippen molar-refractivity contribution in [3.05, 3.63) is 64.7 Å². The van der Waals surface area contributed by atoms with Gasteiger partial charge in [0.2, 0.25) is 11.8 Å². The van der Waals surface area contributed by atoms with Crippen molar-refractivity contribution < 1.29 is 24.2 Å². The first-order valence-corrected chi connectivity index (χ1v) is 12.3. The molecule has 0 aliphatic carbocycles. The number of carboxylic acid groups (broad SMARTS) is 1. The number of nitrogens with one attached hydrogen (secondary N) is 1. The Hall–Kier alpha value is -2.71. The molecule has 7 nitrogen and oxygen atoms in total. The van der Waals surface area contributed by atoms with Crippen molar-refractivity contribution >= 4 is 41.1 Å². The van der Waals surface area contributed by atoms with E-state index in [1.807, 2.05) is 36.4 Å². The van der Waals surface area contributed by atoms with Gasteiger partial charge in [0.05, 0.1) is 6.42 Å². The normalized spacial score (nSPS) is 23.6. The number of carboxylic acids is 1. The summed E-state index contributed by atoms with van der Waals surface area (Å²) in [6.07, 6.45) is 0.253. The lowest BCUT2D eigenvalue weighted by Gasteiger charge is -2.43. The number of carbonyl (C=O) groups is 3. The summed E-state index contributed by atoms with van der Waals surface area (Å²) in [5.41, 5.74) is 2.03. The lowest BCUT2D eigenvalue weighted by molar-refractivity contribution is -0.161. The Bertz CT molecular complexity index is 1110. The van der Waals surface area contributed by atoms with Gasteiger partial charge in [-0.15, -0.1) is 11.8 Å². The Morgan fingerprint density at radius 1 is 1.24 bits per heavy atom. The van der Waals surface area contributed by atoms with Crippen molar-refractivity contribution in [3.63, 3.8) is 0 Å². The number of aliphatic carboxylic acids is 1. The Labute approximate surface area is 207 Å². The van der Waals surface area contributed by atoms with Crippen LogP contribution in [0, 0.1) is 0 Å². The molecule has 2 amide bonds. The number of amides is 2. The molecule has 0 aromatic heterocycles. The molecule has 34 heavy (non-hydrogen) atoms. The molecule has 1 unspecified atom stereocenters. The van der Waals surface area contributed by atoms with Gasteiger partial charge in [0.15, 0.2) is 0 Å². The highest BCUT2D eigenvalue weighted by molar-refractivity contribution is 8.01. The zero-order valence-electron chi connectivity index (χ0n) is 19.2. The molecular weight excluding hydrogens is 476 g/mol. The minimum Gasteiger partial charge on any atom is -0.490 e. The zero-order chi connectivity index (χ0) is 24.6. The maximum absolute atomic E-state index is 12.7. The molecule has 9 heteroatoms. The number of ether oxygens (including phenoxy) is 1. The molecule has 0 saturated carbocycles. The highest BCUT2D eigenvalue weighted by Gasteiger charge is 2.64. The Morgan fingerprint density at radius 2 is 1.94 bits per heavy atom. The van der Waals surface area contributed by atoms with Crippen molar-refractivity contribution in [1.82, 2.24) is 10.2 Å². The predicted octanol–water partition coefficient (Wildman–Crippen LogP) is 3.72. The van der Waals surface area contributed by atoms with Crippen molar-refractivity contribution in [1.29, 1.82) is 0 Å². The molecule has 2 aromatic rings. The summed E-state index contributed by atoms with van der Waals surface area (Å²) in [5.74, 6) is -1.06. The molecule has 180 valence electrons. The SMILES string of the molecule is CC(CC(=O)N[C@@H]1C(=O)N2[C@@H]1SC(C)(C)[C@@H]2C(=O)O)Oc1ccc(Cl)cc1Cc1ccccc1. The quantitative estimate of drug-likeness (QED) is 0.534. The smallest absolute Gasteiger partial charge is 0.327 e. The molecule has 4 rings (SSSR count). The minimum absolute atomic E-state index is 0.0559. The molecule has 2 fully saturated rings. The van der Waals surface area contributed by atoms with Crippen LogP contribution in [0.4, 0.5) is 0 Å². The van der Waals surface area contributed by atoms with E-state index in [1.54, 1.807) is 32.9 Å². The molecule has 0 bridgehead atoms. The molecule has 2 aliphatic heterocycles. The van der Waals surface area contributed by atoms with Crippen molar-refractivity contribution in [2.75, 3.05) is 0 Å². The van der Waals surface area contributed by atoms with Gasteiger partial charge < -0.3 is 20.1 Å². The van der Waals surface area contributed by atoms with Crippen molar-refractivity contribution in [3.8, 4) is 5.75 Å². The Morgan fingerprint density at radius 3 is 2.62 bits per heavy atom.